The number of fused-ring (bicyclic) bond motifs is 2. The van der Waals surface area contributed by atoms with Gasteiger partial charge >= 0.3 is 0 Å². The molecule has 0 aliphatic rings. The van der Waals surface area contributed by atoms with Gasteiger partial charge in [0.1, 0.15) is 0 Å². The van der Waals surface area contributed by atoms with Gasteiger partial charge in [-0.1, -0.05) is 49.2 Å². The van der Waals surface area contributed by atoms with Gasteiger partial charge in [0.25, 0.3) is 11.8 Å². The third kappa shape index (κ3) is 7.42. The smallest absolute Gasteiger partial charge is 0.251 e. The number of nitrogens with one attached hydrogen (secondary N) is 6. The van der Waals surface area contributed by atoms with Crippen molar-refractivity contribution in [1.82, 2.24) is 31.7 Å². The third-order valence-corrected chi connectivity index (χ3v) is 6.68. The Balaban J connectivity index is 1.01. The minimum absolute atomic E-state index is 0.224. The molecule has 0 bridgehead atoms. The van der Waals surface area contributed by atoms with Gasteiger partial charge in [-0.3, -0.25) is 20.4 Å². The second kappa shape index (κ2) is 13.7. The molecule has 202 valence electrons. The van der Waals surface area contributed by atoms with E-state index in [1.807, 2.05) is 60.9 Å². The molecule has 10 heteroatoms. The van der Waals surface area contributed by atoms with E-state index in [-0.39, 0.29) is 11.8 Å². The summed E-state index contributed by atoms with van der Waals surface area (Å²) in [7, 11) is 0. The van der Waals surface area contributed by atoms with Crippen molar-refractivity contribution >= 4 is 33.6 Å². The van der Waals surface area contributed by atoms with E-state index in [2.05, 4.69) is 31.7 Å². The first-order chi connectivity index (χ1) is 18.5. The summed E-state index contributed by atoms with van der Waals surface area (Å²) in [6, 6.07) is 14.7. The minimum Gasteiger partial charge on any atom is -0.361 e. The quantitative estimate of drug-likeness (QED) is 0.0884. The molecule has 4 aromatic rings. The number of benzene rings is 2. The molecular weight excluding hydrogens is 480 g/mol. The summed E-state index contributed by atoms with van der Waals surface area (Å²) < 4.78 is 0. The predicted octanol–water partition coefficient (Wildman–Crippen LogP) is 1.89. The van der Waals surface area contributed by atoms with Gasteiger partial charge < -0.3 is 21.4 Å². The van der Waals surface area contributed by atoms with Gasteiger partial charge in [0.15, 0.2) is 0 Å². The van der Waals surface area contributed by atoms with Gasteiger partial charge in [-0.2, -0.15) is 0 Å². The summed E-state index contributed by atoms with van der Waals surface area (Å²) in [5.74, 6) is -0.448. The number of nitrogens with two attached hydrogens (primary N) is 2. The van der Waals surface area contributed by atoms with Crippen molar-refractivity contribution in [2.45, 2.75) is 50.6 Å². The van der Waals surface area contributed by atoms with E-state index in [9.17, 15) is 9.59 Å². The van der Waals surface area contributed by atoms with Crippen LogP contribution in [0.25, 0.3) is 21.8 Å². The van der Waals surface area contributed by atoms with Crippen LogP contribution in [0.3, 0.4) is 0 Å². The zero-order valence-corrected chi connectivity index (χ0v) is 21.6. The number of para-hydroxylation sites is 2. The maximum atomic E-state index is 12.3. The number of hydrogen-bond donors (Lipinski definition) is 8. The Kier molecular flexibility index (Phi) is 9.88. The fourth-order valence-corrected chi connectivity index (χ4v) is 4.53. The van der Waals surface area contributed by atoms with Crippen LogP contribution in [0.15, 0.2) is 60.9 Å². The Hall–Kier alpha value is -3.70. The number of rotatable bonds is 15. The molecule has 0 aliphatic carbocycles. The van der Waals surface area contributed by atoms with Crippen LogP contribution in [0.2, 0.25) is 0 Å². The largest absolute Gasteiger partial charge is 0.361 e. The molecule has 0 radical (unpaired) electrons. The molecule has 0 saturated heterocycles. The van der Waals surface area contributed by atoms with Crippen molar-refractivity contribution < 1.29 is 9.59 Å². The fourth-order valence-electron chi connectivity index (χ4n) is 4.53. The van der Waals surface area contributed by atoms with E-state index >= 15 is 0 Å². The molecule has 2 aromatic heterocycles. The standard InChI is InChI=1S/C28H38N8O2/c29-23(15-19-17-31-25-11-5-3-9-21(19)25)27(37)35-33-13-7-1-2-8-14-34-36-28(38)24(30)16-20-18-32-26-12-6-4-10-22(20)26/h3-6,9-12,17-18,23-24,31-34H,1-2,7-8,13-16,29-30H2,(H,35,37)(H,36,38). The average Bonchev–Trinajstić information content (AvgIpc) is 3.53. The monoisotopic (exact) mass is 518 g/mol. The lowest BCUT2D eigenvalue weighted by Crippen LogP contribution is -2.48. The molecule has 0 spiro atoms. The van der Waals surface area contributed by atoms with Gasteiger partial charge in [-0.05, 0) is 48.9 Å². The first-order valence-electron chi connectivity index (χ1n) is 13.2. The van der Waals surface area contributed by atoms with Crippen molar-refractivity contribution in [3.63, 3.8) is 0 Å². The number of H-pyrrole nitrogens is 2. The molecule has 0 saturated carbocycles. The molecule has 2 aromatic carbocycles. The molecule has 10 N–H and O–H groups in total. The van der Waals surface area contributed by atoms with Crippen LogP contribution in [0.5, 0.6) is 0 Å². The summed E-state index contributed by atoms with van der Waals surface area (Å²) in [5, 5.41) is 2.18. The SMILES string of the molecule is NC(Cc1c[nH]c2ccccc12)C(=O)NNCCCCCCNNC(=O)C(N)Cc1c[nH]c2ccccc12. The molecular formula is C28H38N8O2. The Morgan fingerprint density at radius 2 is 1.08 bits per heavy atom. The van der Waals surface area contributed by atoms with Crippen molar-refractivity contribution in [2.75, 3.05) is 13.1 Å². The minimum atomic E-state index is -0.626. The predicted molar refractivity (Wildman–Crippen MR) is 151 cm³/mol. The summed E-state index contributed by atoms with van der Waals surface area (Å²) in [6.45, 7) is 1.33. The van der Waals surface area contributed by atoms with E-state index in [0.717, 1.165) is 58.6 Å². The van der Waals surface area contributed by atoms with Crippen LogP contribution < -0.4 is 33.2 Å². The van der Waals surface area contributed by atoms with Gasteiger partial charge in [0.05, 0.1) is 12.1 Å². The van der Waals surface area contributed by atoms with Crippen LogP contribution in [0.4, 0.5) is 0 Å². The number of unbranched alkanes of at least 4 members (excludes halogenated alkanes) is 3. The van der Waals surface area contributed by atoms with Crippen LogP contribution in [0.1, 0.15) is 36.8 Å². The van der Waals surface area contributed by atoms with Crippen LogP contribution >= 0.6 is 0 Å². The Labute approximate surface area is 222 Å². The lowest BCUT2D eigenvalue weighted by atomic mass is 10.1. The molecule has 0 fully saturated rings. The zero-order chi connectivity index (χ0) is 26.7. The van der Waals surface area contributed by atoms with E-state index in [0.29, 0.717) is 25.9 Å². The highest BCUT2D eigenvalue weighted by molar-refractivity contribution is 5.86. The number of hydrogen-bond acceptors (Lipinski definition) is 6. The summed E-state index contributed by atoms with van der Waals surface area (Å²) >= 11 is 0. The Morgan fingerprint density at radius 3 is 1.53 bits per heavy atom. The van der Waals surface area contributed by atoms with Gasteiger partial charge in [-0.25, -0.2) is 10.9 Å². The normalized spacial score (nSPS) is 13.0. The van der Waals surface area contributed by atoms with Gasteiger partial charge in [0.2, 0.25) is 0 Å². The average molecular weight is 519 g/mol. The molecule has 2 amide bonds. The van der Waals surface area contributed by atoms with E-state index < -0.39 is 12.1 Å². The van der Waals surface area contributed by atoms with Crippen LogP contribution in [-0.4, -0.2) is 47.0 Å². The highest BCUT2D eigenvalue weighted by atomic mass is 16.2. The first kappa shape index (κ1) is 27.3. The van der Waals surface area contributed by atoms with Gasteiger partial charge in [0, 0.05) is 47.3 Å². The molecule has 2 atom stereocenters. The topological polar surface area (TPSA) is 166 Å². The fraction of sp³-hybridized carbons (Fsp3) is 0.357. The van der Waals surface area contributed by atoms with Crippen LogP contribution in [-0.2, 0) is 22.4 Å². The Morgan fingerprint density at radius 1 is 0.658 bits per heavy atom. The molecule has 0 aliphatic heterocycles. The van der Waals surface area contributed by atoms with Crippen molar-refractivity contribution in [1.29, 1.82) is 0 Å². The number of carbonyl (C=O) groups excluding carboxylic acids is 2. The van der Waals surface area contributed by atoms with E-state index in [1.165, 1.54) is 0 Å². The first-order valence-corrected chi connectivity index (χ1v) is 13.2. The molecule has 2 heterocycles. The second-order valence-corrected chi connectivity index (χ2v) is 9.59. The zero-order valence-electron chi connectivity index (χ0n) is 21.6. The summed E-state index contributed by atoms with van der Waals surface area (Å²) in [6.07, 6.45) is 8.58. The number of aromatic nitrogens is 2. The number of aromatic amines is 2. The van der Waals surface area contributed by atoms with E-state index in [1.54, 1.807) is 0 Å². The van der Waals surface area contributed by atoms with Gasteiger partial charge in [-0.15, -0.1) is 0 Å². The van der Waals surface area contributed by atoms with Crippen molar-refractivity contribution in [3.05, 3.63) is 72.1 Å². The second-order valence-electron chi connectivity index (χ2n) is 9.59. The molecule has 2 unspecified atom stereocenters. The lowest BCUT2D eigenvalue weighted by Gasteiger charge is -2.13. The number of amides is 2. The highest BCUT2D eigenvalue weighted by Crippen LogP contribution is 2.19. The lowest BCUT2D eigenvalue weighted by molar-refractivity contribution is -0.124. The maximum absolute atomic E-state index is 12.3. The molecule has 38 heavy (non-hydrogen) atoms. The Bertz CT molecular complexity index is 1230. The van der Waals surface area contributed by atoms with Crippen molar-refractivity contribution in [3.8, 4) is 0 Å². The highest BCUT2D eigenvalue weighted by Gasteiger charge is 2.17. The maximum Gasteiger partial charge on any atom is 0.251 e. The number of hydrazine groups is 2. The molecule has 10 nitrogen and oxygen atoms in total. The van der Waals surface area contributed by atoms with Crippen molar-refractivity contribution in [2.24, 2.45) is 11.5 Å². The third-order valence-electron chi connectivity index (χ3n) is 6.68. The summed E-state index contributed by atoms with van der Waals surface area (Å²) in [5.41, 5.74) is 27.7. The number of carbonyl (C=O) groups is 2. The molecule has 4 rings (SSSR count). The van der Waals surface area contributed by atoms with E-state index in [4.69, 9.17) is 11.5 Å². The van der Waals surface area contributed by atoms with Crippen LogP contribution in [0, 0.1) is 0 Å². The summed E-state index contributed by atoms with van der Waals surface area (Å²) in [4.78, 5) is 31.0.